The van der Waals surface area contributed by atoms with E-state index < -0.39 is 11.9 Å². The third kappa shape index (κ3) is 3.35. The lowest BCUT2D eigenvalue weighted by Gasteiger charge is -1.96. The Labute approximate surface area is 141 Å². The number of methoxy groups -OCH3 is 1. The molecular weight excluding hydrogens is 330 g/mol. The van der Waals surface area contributed by atoms with Gasteiger partial charge in [0.1, 0.15) is 0 Å². The topological polar surface area (TPSA) is 97.9 Å². The minimum atomic E-state index is -0.595. The van der Waals surface area contributed by atoms with E-state index in [4.69, 9.17) is 0 Å². The first-order valence-corrected chi connectivity index (χ1v) is 7.69. The molecule has 1 aliphatic heterocycles. The molecule has 0 atom stereocenters. The van der Waals surface area contributed by atoms with Crippen LogP contribution >= 0.6 is 11.8 Å². The number of carbonyl (C=O) groups is 2. The van der Waals surface area contributed by atoms with Crippen molar-refractivity contribution in [1.82, 2.24) is 14.9 Å². The van der Waals surface area contributed by atoms with E-state index in [0.717, 1.165) is 34.4 Å². The Morgan fingerprint density at radius 2 is 2.29 bits per heavy atom. The number of hydrogen-bond donors (Lipinski definition) is 1. The molecule has 122 valence electrons. The van der Waals surface area contributed by atoms with Crippen LogP contribution in [-0.4, -0.2) is 39.9 Å². The molecule has 2 aromatic rings. The summed E-state index contributed by atoms with van der Waals surface area (Å²) in [5.74, 6) is -1.00. The fraction of sp³-hybridized carbons (Fsp3) is 0.133. The Bertz CT molecular complexity index is 913. The normalized spacial score (nSPS) is 18.0. The third-order valence-corrected chi connectivity index (χ3v) is 4.11. The maximum atomic E-state index is 11.7. The van der Waals surface area contributed by atoms with Gasteiger partial charge in [0.05, 0.1) is 35.6 Å². The summed E-state index contributed by atoms with van der Waals surface area (Å²) >= 11 is 1.03. The van der Waals surface area contributed by atoms with E-state index in [1.54, 1.807) is 12.5 Å². The van der Waals surface area contributed by atoms with Gasteiger partial charge in [0.25, 0.3) is 5.91 Å². The summed E-state index contributed by atoms with van der Waals surface area (Å²) in [4.78, 5) is 27.3. The highest BCUT2D eigenvalue weighted by Crippen LogP contribution is 2.23. The van der Waals surface area contributed by atoms with E-state index in [1.165, 1.54) is 7.11 Å². The van der Waals surface area contributed by atoms with Crippen LogP contribution < -0.4 is 5.32 Å². The first-order chi connectivity index (χ1) is 11.6. The standard InChI is InChI=1S/C15H13N5O3S/c1-20-8-16-10-4-3-9(5-11(10)20)7-17-19-15-18-14(22)12(24-15)6-13(21)23-2/h3-8H,1-2H3,(H,18,19,22)/b12-6+,17-7?. The van der Waals surface area contributed by atoms with Crippen LogP contribution in [0.5, 0.6) is 0 Å². The Kier molecular flexibility index (Phi) is 4.43. The lowest BCUT2D eigenvalue weighted by molar-refractivity contribution is -0.135. The molecule has 0 saturated carbocycles. The van der Waals surface area contributed by atoms with Crippen molar-refractivity contribution in [1.29, 1.82) is 0 Å². The molecule has 3 rings (SSSR count). The number of rotatable bonds is 3. The smallest absolute Gasteiger partial charge is 0.331 e. The highest BCUT2D eigenvalue weighted by Gasteiger charge is 2.24. The largest absolute Gasteiger partial charge is 0.466 e. The molecule has 1 N–H and O–H groups in total. The van der Waals surface area contributed by atoms with Crippen LogP contribution in [-0.2, 0) is 21.4 Å². The van der Waals surface area contributed by atoms with Gasteiger partial charge in [-0.25, -0.2) is 9.78 Å². The van der Waals surface area contributed by atoms with E-state index >= 15 is 0 Å². The highest BCUT2D eigenvalue weighted by atomic mass is 32.2. The number of imidazole rings is 1. The number of fused-ring (bicyclic) bond motifs is 1. The summed E-state index contributed by atoms with van der Waals surface area (Å²) in [5, 5.41) is 10.7. The average molecular weight is 343 g/mol. The van der Waals surface area contributed by atoms with Gasteiger partial charge in [0.15, 0.2) is 5.17 Å². The summed E-state index contributed by atoms with van der Waals surface area (Å²) in [6.45, 7) is 0. The zero-order valence-corrected chi connectivity index (χ0v) is 13.7. The van der Waals surface area contributed by atoms with E-state index in [0.29, 0.717) is 5.17 Å². The Morgan fingerprint density at radius 1 is 1.46 bits per heavy atom. The second kappa shape index (κ2) is 6.67. The molecule has 1 aromatic heterocycles. The molecule has 0 unspecified atom stereocenters. The van der Waals surface area contributed by atoms with E-state index in [2.05, 4.69) is 25.2 Å². The zero-order chi connectivity index (χ0) is 17.1. The summed E-state index contributed by atoms with van der Waals surface area (Å²) < 4.78 is 6.40. The van der Waals surface area contributed by atoms with Crippen LogP contribution in [0.1, 0.15) is 5.56 Å². The van der Waals surface area contributed by atoms with Gasteiger partial charge in [-0.05, 0) is 29.5 Å². The number of ether oxygens (including phenoxy) is 1. The van der Waals surface area contributed by atoms with E-state index in [1.807, 2.05) is 29.8 Å². The van der Waals surface area contributed by atoms with Crippen LogP contribution in [0.15, 0.2) is 45.7 Å². The number of esters is 1. The van der Waals surface area contributed by atoms with Gasteiger partial charge in [0, 0.05) is 13.1 Å². The maximum Gasteiger partial charge on any atom is 0.331 e. The number of aromatic nitrogens is 2. The molecule has 24 heavy (non-hydrogen) atoms. The summed E-state index contributed by atoms with van der Waals surface area (Å²) in [6, 6.07) is 5.71. The van der Waals surface area contributed by atoms with Crippen LogP contribution in [0.2, 0.25) is 0 Å². The number of nitrogens with zero attached hydrogens (tertiary/aromatic N) is 4. The fourth-order valence-corrected chi connectivity index (χ4v) is 2.75. The number of thioether (sulfide) groups is 1. The van der Waals surface area contributed by atoms with E-state index in [9.17, 15) is 9.59 Å². The molecule has 8 nitrogen and oxygen atoms in total. The molecular formula is C15H13N5O3S. The SMILES string of the molecule is COC(=O)/C=C1/S/C(=N\N=Cc2ccc3ncn(C)c3c2)NC1=O. The van der Waals surface area contributed by atoms with Crippen molar-refractivity contribution in [2.75, 3.05) is 7.11 Å². The predicted molar refractivity (Wildman–Crippen MR) is 91.6 cm³/mol. The highest BCUT2D eigenvalue weighted by molar-refractivity contribution is 8.18. The average Bonchev–Trinajstić information content (AvgIpc) is 3.11. The minimum absolute atomic E-state index is 0.215. The quantitative estimate of drug-likeness (QED) is 0.391. The van der Waals surface area contributed by atoms with Crippen molar-refractivity contribution in [3.8, 4) is 0 Å². The lowest BCUT2D eigenvalue weighted by atomic mass is 10.2. The molecule has 0 bridgehead atoms. The Balaban J connectivity index is 1.74. The number of carbonyl (C=O) groups excluding carboxylic acids is 2. The van der Waals surface area contributed by atoms with Crippen molar-refractivity contribution in [3.63, 3.8) is 0 Å². The summed E-state index contributed by atoms with van der Waals surface area (Å²) in [5.41, 5.74) is 2.74. The van der Waals surface area contributed by atoms with Crippen LogP contribution in [0.25, 0.3) is 11.0 Å². The molecule has 9 heteroatoms. The van der Waals surface area contributed by atoms with Crippen LogP contribution in [0, 0.1) is 0 Å². The third-order valence-electron chi connectivity index (χ3n) is 3.21. The van der Waals surface area contributed by atoms with Crippen molar-refractivity contribution < 1.29 is 14.3 Å². The number of amidine groups is 1. The first-order valence-electron chi connectivity index (χ1n) is 6.88. The molecule has 0 spiro atoms. The minimum Gasteiger partial charge on any atom is -0.466 e. The Hall–Kier alpha value is -2.94. The van der Waals surface area contributed by atoms with Crippen molar-refractivity contribution >= 4 is 46.1 Å². The van der Waals surface area contributed by atoms with Crippen molar-refractivity contribution in [3.05, 3.63) is 41.1 Å². The van der Waals surface area contributed by atoms with Gasteiger partial charge in [-0.1, -0.05) is 6.07 Å². The maximum absolute atomic E-state index is 11.7. The molecule has 1 saturated heterocycles. The fourth-order valence-electron chi connectivity index (χ4n) is 2.01. The summed E-state index contributed by atoms with van der Waals surface area (Å²) in [6.07, 6.45) is 4.43. The number of benzene rings is 1. The van der Waals surface area contributed by atoms with Crippen LogP contribution in [0.4, 0.5) is 0 Å². The van der Waals surface area contributed by atoms with Gasteiger partial charge in [-0.2, -0.15) is 5.10 Å². The second-order valence-corrected chi connectivity index (χ2v) is 5.87. The molecule has 2 heterocycles. The molecule has 0 radical (unpaired) electrons. The molecule has 1 amide bonds. The predicted octanol–water partition coefficient (Wildman–Crippen LogP) is 1.18. The van der Waals surface area contributed by atoms with Gasteiger partial charge in [0.2, 0.25) is 0 Å². The Morgan fingerprint density at radius 3 is 3.08 bits per heavy atom. The molecule has 1 fully saturated rings. The zero-order valence-electron chi connectivity index (χ0n) is 12.9. The summed E-state index contributed by atoms with van der Waals surface area (Å²) in [7, 11) is 3.16. The van der Waals surface area contributed by atoms with Gasteiger partial charge < -0.3 is 9.30 Å². The lowest BCUT2D eigenvalue weighted by Crippen LogP contribution is -2.19. The number of aryl methyl sites for hydroxylation is 1. The van der Waals surface area contributed by atoms with E-state index in [-0.39, 0.29) is 4.91 Å². The molecule has 0 aliphatic carbocycles. The van der Waals surface area contributed by atoms with Gasteiger partial charge in [-0.3, -0.25) is 10.1 Å². The number of nitrogens with one attached hydrogen (secondary N) is 1. The van der Waals surface area contributed by atoms with Crippen LogP contribution in [0.3, 0.4) is 0 Å². The van der Waals surface area contributed by atoms with Crippen molar-refractivity contribution in [2.24, 2.45) is 17.3 Å². The number of amides is 1. The first kappa shape index (κ1) is 15.9. The van der Waals surface area contributed by atoms with Crippen molar-refractivity contribution in [2.45, 2.75) is 0 Å². The molecule has 1 aromatic carbocycles. The number of hydrogen-bond acceptors (Lipinski definition) is 7. The monoisotopic (exact) mass is 343 g/mol. The van der Waals surface area contributed by atoms with Gasteiger partial charge in [-0.15, -0.1) is 5.10 Å². The second-order valence-electron chi connectivity index (χ2n) is 4.84. The van der Waals surface area contributed by atoms with Gasteiger partial charge >= 0.3 is 5.97 Å². The molecule has 1 aliphatic rings.